The van der Waals surface area contributed by atoms with Gasteiger partial charge in [0.15, 0.2) is 0 Å². The van der Waals surface area contributed by atoms with Gasteiger partial charge in [-0.3, -0.25) is 9.59 Å². The molecule has 1 atom stereocenters. The number of carbonyl (C=O) groups excluding carboxylic acids is 2. The van der Waals surface area contributed by atoms with Crippen molar-refractivity contribution in [1.29, 1.82) is 0 Å². The Morgan fingerprint density at radius 3 is 2.46 bits per heavy atom. The van der Waals surface area contributed by atoms with Crippen LogP contribution in [0.25, 0.3) is 0 Å². The summed E-state index contributed by atoms with van der Waals surface area (Å²) < 4.78 is 4.86. The van der Waals surface area contributed by atoms with E-state index in [4.69, 9.17) is 9.72 Å². The molecule has 7 rings (SSSR count). The van der Waals surface area contributed by atoms with E-state index in [9.17, 15) is 14.7 Å². The first-order valence-corrected chi connectivity index (χ1v) is 15.3. The maximum Gasteiger partial charge on any atom is 0.305 e. The fourth-order valence-electron chi connectivity index (χ4n) is 8.09. The Hall–Kier alpha value is -1.80. The molecule has 202 valence electrons. The Balaban J connectivity index is 1.22. The second-order valence-corrected chi connectivity index (χ2v) is 13.7. The molecule has 4 bridgehead atoms. The molecule has 2 N–H and O–H groups in total. The lowest BCUT2D eigenvalue weighted by Crippen LogP contribution is -2.66. The molecule has 5 aliphatic carbocycles. The minimum atomic E-state index is -1.09. The van der Waals surface area contributed by atoms with Gasteiger partial charge in [0.05, 0.1) is 19.1 Å². The summed E-state index contributed by atoms with van der Waals surface area (Å²) in [6, 6.07) is 3.86. The van der Waals surface area contributed by atoms with Crippen molar-refractivity contribution in [3.8, 4) is 0 Å². The molecule has 1 aromatic rings. The summed E-state index contributed by atoms with van der Waals surface area (Å²) in [4.78, 5) is 32.8. The molecular weight excluding hydrogens is 486 g/mol. The summed E-state index contributed by atoms with van der Waals surface area (Å²) in [6.45, 7) is 1.62. The van der Waals surface area contributed by atoms with Crippen molar-refractivity contribution in [2.75, 3.05) is 25.1 Å². The van der Waals surface area contributed by atoms with Gasteiger partial charge in [0.2, 0.25) is 0 Å². The number of nitrogens with zero attached hydrogens (tertiary/aromatic N) is 2. The Kier molecular flexibility index (Phi) is 7.16. The molecular formula is C29H41N3O4S. The van der Waals surface area contributed by atoms with E-state index < -0.39 is 5.72 Å². The minimum Gasteiger partial charge on any atom is -0.469 e. The molecule has 5 saturated carbocycles. The zero-order valence-electron chi connectivity index (χ0n) is 22.0. The van der Waals surface area contributed by atoms with Gasteiger partial charge in [-0.2, -0.15) is 0 Å². The van der Waals surface area contributed by atoms with E-state index in [1.807, 2.05) is 12.1 Å². The van der Waals surface area contributed by atoms with Crippen LogP contribution in [0.3, 0.4) is 0 Å². The molecule has 0 radical (unpaired) electrons. The predicted octanol–water partition coefficient (Wildman–Crippen LogP) is 4.77. The van der Waals surface area contributed by atoms with Crippen LogP contribution in [-0.2, 0) is 9.53 Å². The molecule has 1 aromatic heterocycles. The lowest BCUT2D eigenvalue weighted by Gasteiger charge is -2.58. The molecule has 1 saturated heterocycles. The van der Waals surface area contributed by atoms with Crippen LogP contribution in [0.5, 0.6) is 0 Å². The minimum absolute atomic E-state index is 0.164. The van der Waals surface area contributed by atoms with Crippen molar-refractivity contribution in [1.82, 2.24) is 10.3 Å². The van der Waals surface area contributed by atoms with E-state index in [0.29, 0.717) is 17.2 Å². The average molecular weight is 528 g/mol. The summed E-state index contributed by atoms with van der Waals surface area (Å²) in [7, 11) is 1.44. The van der Waals surface area contributed by atoms with Crippen LogP contribution in [0, 0.1) is 29.6 Å². The van der Waals surface area contributed by atoms with Crippen molar-refractivity contribution in [3.05, 3.63) is 17.7 Å². The predicted molar refractivity (Wildman–Crippen MR) is 143 cm³/mol. The molecule has 2 heterocycles. The first-order chi connectivity index (χ1) is 17.9. The number of carbonyl (C=O) groups is 2. The molecule has 0 spiro atoms. The van der Waals surface area contributed by atoms with Gasteiger partial charge in [0.25, 0.3) is 5.91 Å². The highest BCUT2D eigenvalue weighted by Gasteiger charge is 2.57. The van der Waals surface area contributed by atoms with E-state index in [0.717, 1.165) is 80.7 Å². The highest BCUT2D eigenvalue weighted by atomic mass is 32.2. The Bertz CT molecular complexity index is 998. The fourth-order valence-corrected chi connectivity index (χ4v) is 9.41. The van der Waals surface area contributed by atoms with Gasteiger partial charge in [-0.15, -0.1) is 11.8 Å². The molecule has 7 nitrogen and oxygen atoms in total. The van der Waals surface area contributed by atoms with Gasteiger partial charge in [-0.25, -0.2) is 4.98 Å². The van der Waals surface area contributed by atoms with Gasteiger partial charge >= 0.3 is 5.97 Å². The molecule has 6 fully saturated rings. The zero-order chi connectivity index (χ0) is 25.6. The van der Waals surface area contributed by atoms with Crippen LogP contribution in [0.15, 0.2) is 17.2 Å². The van der Waals surface area contributed by atoms with Crippen molar-refractivity contribution in [2.45, 2.75) is 93.1 Å². The van der Waals surface area contributed by atoms with Crippen LogP contribution >= 0.6 is 11.8 Å². The number of ether oxygens (including phenoxy) is 1. The third-order valence-electron chi connectivity index (χ3n) is 9.91. The first kappa shape index (κ1) is 25.5. The maximum absolute atomic E-state index is 13.8. The summed E-state index contributed by atoms with van der Waals surface area (Å²) in [5, 5.41) is 16.2. The van der Waals surface area contributed by atoms with Gasteiger partial charge in [0.1, 0.15) is 16.6 Å². The van der Waals surface area contributed by atoms with E-state index in [2.05, 4.69) is 10.2 Å². The molecule has 0 aromatic carbocycles. The second-order valence-electron chi connectivity index (χ2n) is 12.4. The number of anilines is 1. The normalized spacial score (nSPS) is 35.1. The maximum atomic E-state index is 13.8. The number of thioether (sulfide) groups is 1. The molecule has 6 aliphatic rings. The van der Waals surface area contributed by atoms with Crippen molar-refractivity contribution >= 4 is 29.5 Å². The quantitative estimate of drug-likeness (QED) is 0.390. The number of amides is 1. The van der Waals surface area contributed by atoms with Crippen molar-refractivity contribution in [3.63, 3.8) is 0 Å². The molecule has 8 heteroatoms. The summed E-state index contributed by atoms with van der Waals surface area (Å²) >= 11 is 1.74. The lowest BCUT2D eigenvalue weighted by atomic mass is 9.52. The third kappa shape index (κ3) is 5.12. The lowest BCUT2D eigenvalue weighted by molar-refractivity contribution is -0.184. The highest BCUT2D eigenvalue weighted by Crippen LogP contribution is 2.57. The molecule has 1 aliphatic heterocycles. The number of methoxy groups -OCH3 is 1. The van der Waals surface area contributed by atoms with E-state index in [-0.39, 0.29) is 29.6 Å². The second kappa shape index (κ2) is 10.4. The zero-order valence-corrected chi connectivity index (χ0v) is 22.8. The Morgan fingerprint density at radius 2 is 1.78 bits per heavy atom. The van der Waals surface area contributed by atoms with Crippen LogP contribution in [0.2, 0.25) is 0 Å². The fraction of sp³-hybridized carbons (Fsp3) is 0.759. The smallest absolute Gasteiger partial charge is 0.305 e. The van der Waals surface area contributed by atoms with Gasteiger partial charge in [0, 0.05) is 30.2 Å². The Morgan fingerprint density at radius 1 is 1.08 bits per heavy atom. The van der Waals surface area contributed by atoms with Gasteiger partial charge < -0.3 is 20.1 Å². The number of aromatic nitrogens is 1. The number of esters is 1. The van der Waals surface area contributed by atoms with E-state index >= 15 is 0 Å². The van der Waals surface area contributed by atoms with Crippen molar-refractivity contribution < 1.29 is 19.4 Å². The average Bonchev–Trinajstić information content (AvgIpc) is 3.36. The van der Waals surface area contributed by atoms with Crippen LogP contribution in [0.4, 0.5) is 5.82 Å². The number of pyridine rings is 1. The van der Waals surface area contributed by atoms with Gasteiger partial charge in [-0.1, -0.05) is 19.3 Å². The number of hydrogen-bond acceptors (Lipinski definition) is 7. The van der Waals surface area contributed by atoms with Crippen LogP contribution in [-0.4, -0.2) is 53.1 Å². The van der Waals surface area contributed by atoms with Crippen molar-refractivity contribution in [2.24, 2.45) is 29.6 Å². The summed E-state index contributed by atoms with van der Waals surface area (Å²) in [6.07, 6.45) is 12.8. The largest absolute Gasteiger partial charge is 0.469 e. The van der Waals surface area contributed by atoms with Crippen LogP contribution in [0.1, 0.15) is 87.4 Å². The number of hydrogen-bond donors (Lipinski definition) is 2. The van der Waals surface area contributed by atoms with Gasteiger partial charge in [-0.05, 0) is 81.3 Å². The topological polar surface area (TPSA) is 91.8 Å². The van der Waals surface area contributed by atoms with Crippen LogP contribution < -0.4 is 10.2 Å². The first-order valence-electron chi connectivity index (χ1n) is 14.5. The standard InChI is InChI=1S/C29H41N3O4S/c1-36-26(33)16-18-9-10-32(17-18)25-8-7-24(28(30-25)37-23-5-3-2-4-6-23)27(34)31-29(35)21-12-19-11-20(14-21)15-22(29)13-19/h7-8,18-23,35H,2-6,9-17H2,1H3,(H,31,34)/t18-,19-,20?,21?,22?,29+/m0/s1. The van der Waals surface area contributed by atoms with E-state index in [1.54, 1.807) is 11.8 Å². The monoisotopic (exact) mass is 527 g/mol. The number of nitrogens with one attached hydrogen (secondary N) is 1. The number of aliphatic hydroxyl groups is 1. The summed E-state index contributed by atoms with van der Waals surface area (Å²) in [5.41, 5.74) is -0.502. The Labute approximate surface area is 224 Å². The molecule has 0 unspecified atom stereocenters. The van der Waals surface area contributed by atoms with E-state index in [1.165, 1.54) is 32.8 Å². The highest BCUT2D eigenvalue weighted by molar-refractivity contribution is 7.99. The SMILES string of the molecule is COC(=O)C[C@@H]1CCN(c2ccc(C(=O)N[C@]3(O)C4CC5CC3C[C@H](C5)C4)c(SC3CCCCC3)n2)C1. The third-order valence-corrected chi connectivity index (χ3v) is 11.2. The molecule has 37 heavy (non-hydrogen) atoms. The number of rotatable bonds is 7. The molecule has 1 amide bonds. The summed E-state index contributed by atoms with van der Waals surface area (Å²) in [5.74, 6) is 2.58.